The monoisotopic (exact) mass is 436 g/mol. The van der Waals surface area contributed by atoms with Crippen molar-refractivity contribution in [3.8, 4) is 0 Å². The Morgan fingerprint density at radius 1 is 1.10 bits per heavy atom. The van der Waals surface area contributed by atoms with Gasteiger partial charge >= 0.3 is 0 Å². The first-order valence-electron chi connectivity index (χ1n) is 10.3. The number of pyridine rings is 1. The van der Waals surface area contributed by atoms with Crippen molar-refractivity contribution in [3.63, 3.8) is 0 Å². The lowest BCUT2D eigenvalue weighted by atomic mass is 9.90. The highest BCUT2D eigenvalue weighted by atomic mass is 32.2. The van der Waals surface area contributed by atoms with Gasteiger partial charge < -0.3 is 0 Å². The van der Waals surface area contributed by atoms with Crippen LogP contribution < -0.4 is 0 Å². The Labute approximate surface area is 185 Å². The molecular formula is C24H24N2O2S2. The Balaban J connectivity index is 1.42. The smallest absolute Gasteiger partial charge is 0.166 e. The van der Waals surface area contributed by atoms with Gasteiger partial charge in [0, 0.05) is 35.2 Å². The van der Waals surface area contributed by atoms with E-state index in [1.54, 1.807) is 35.5 Å². The Bertz CT molecular complexity index is 1040. The van der Waals surface area contributed by atoms with Crippen molar-refractivity contribution in [1.29, 1.82) is 0 Å². The van der Waals surface area contributed by atoms with Gasteiger partial charge in [0.2, 0.25) is 0 Å². The topological polar surface area (TPSA) is 59.9 Å². The molecule has 1 aromatic carbocycles. The third-order valence-corrected chi connectivity index (χ3v) is 7.50. The lowest BCUT2D eigenvalue weighted by molar-refractivity contribution is -0.117. The number of aryl methyl sites for hydroxylation is 1. The molecule has 0 bridgehead atoms. The fraction of sp³-hybridized carbons (Fsp3) is 0.333. The van der Waals surface area contributed by atoms with Crippen LogP contribution in [0.3, 0.4) is 0 Å². The van der Waals surface area contributed by atoms with Crippen molar-refractivity contribution in [2.24, 2.45) is 5.92 Å². The van der Waals surface area contributed by atoms with Gasteiger partial charge in [-0.2, -0.15) is 0 Å². The molecule has 1 saturated carbocycles. The van der Waals surface area contributed by atoms with Crippen LogP contribution in [0.4, 0.5) is 0 Å². The number of hydrogen-bond donors (Lipinski definition) is 0. The van der Waals surface area contributed by atoms with E-state index in [0.29, 0.717) is 6.42 Å². The number of rotatable bonds is 8. The summed E-state index contributed by atoms with van der Waals surface area (Å²) < 4.78 is 1.05. The van der Waals surface area contributed by atoms with Gasteiger partial charge in [-0.3, -0.25) is 14.6 Å². The lowest BCUT2D eigenvalue weighted by Gasteiger charge is -2.13. The summed E-state index contributed by atoms with van der Waals surface area (Å²) in [5, 5.41) is 0.812. The second-order valence-corrected chi connectivity index (χ2v) is 10.2. The first-order valence-corrected chi connectivity index (χ1v) is 11.9. The number of Topliss-reactive ketones (excluding diaryl/α,β-unsaturated/α-hetero) is 2. The largest absolute Gasteiger partial charge is 0.299 e. The van der Waals surface area contributed by atoms with Crippen molar-refractivity contribution < 1.29 is 9.59 Å². The predicted molar refractivity (Wildman–Crippen MR) is 120 cm³/mol. The van der Waals surface area contributed by atoms with E-state index in [1.807, 2.05) is 43.5 Å². The number of aromatic nitrogens is 2. The molecule has 4 nitrogen and oxygen atoms in total. The molecule has 3 aromatic rings. The minimum atomic E-state index is 0.0918. The zero-order chi connectivity index (χ0) is 20.9. The van der Waals surface area contributed by atoms with Gasteiger partial charge in [0.25, 0.3) is 0 Å². The number of benzene rings is 1. The number of carbonyl (C=O) groups excluding carboxylic acids is 2. The summed E-state index contributed by atoms with van der Waals surface area (Å²) in [5.41, 5.74) is 2.65. The molecule has 154 valence electrons. The summed E-state index contributed by atoms with van der Waals surface area (Å²) in [4.78, 5) is 35.3. The molecular weight excluding hydrogens is 412 g/mol. The van der Waals surface area contributed by atoms with Gasteiger partial charge in [-0.15, -0.1) is 11.3 Å². The Hall–Kier alpha value is -2.31. The number of carbonyl (C=O) groups is 2. The fourth-order valence-corrected chi connectivity index (χ4v) is 5.89. The van der Waals surface area contributed by atoms with Gasteiger partial charge in [-0.1, -0.05) is 42.3 Å². The van der Waals surface area contributed by atoms with Crippen molar-refractivity contribution in [3.05, 3.63) is 70.6 Å². The molecule has 0 atom stereocenters. The second-order valence-electron chi connectivity index (χ2n) is 7.76. The van der Waals surface area contributed by atoms with Gasteiger partial charge in [0.1, 0.15) is 10.8 Å². The third-order valence-electron chi connectivity index (χ3n) is 5.39. The van der Waals surface area contributed by atoms with Crippen molar-refractivity contribution in [2.75, 3.05) is 0 Å². The highest BCUT2D eigenvalue weighted by Gasteiger charge is 2.26. The molecule has 0 unspecified atom stereocenters. The van der Waals surface area contributed by atoms with Crippen LogP contribution in [0.25, 0.3) is 0 Å². The van der Waals surface area contributed by atoms with Crippen molar-refractivity contribution in [1.82, 2.24) is 9.97 Å². The molecule has 2 heterocycles. The molecule has 0 radical (unpaired) electrons. The Morgan fingerprint density at radius 2 is 1.87 bits per heavy atom. The average Bonchev–Trinajstić information content (AvgIpc) is 3.42. The standard InChI is InChI=1S/C24H24N2O2S2/c1-16-6-7-18(21(12-16)24(28)17-4-2-3-5-17)13-19(27)14-22-26-15-23(30-22)29-20-8-10-25-11-9-20/h6-12,15,17H,2-5,13-14H2,1H3. The molecule has 0 aliphatic heterocycles. The normalized spacial score (nSPS) is 14.2. The molecule has 0 N–H and O–H groups in total. The first-order chi connectivity index (χ1) is 14.6. The van der Waals surface area contributed by atoms with Crippen LogP contribution in [0.5, 0.6) is 0 Å². The van der Waals surface area contributed by atoms with E-state index < -0.39 is 0 Å². The summed E-state index contributed by atoms with van der Waals surface area (Å²) in [6, 6.07) is 9.80. The van der Waals surface area contributed by atoms with Crippen LogP contribution in [0, 0.1) is 12.8 Å². The maximum atomic E-state index is 13.0. The first kappa shape index (κ1) is 20.9. The van der Waals surface area contributed by atoms with E-state index in [1.165, 1.54) is 0 Å². The minimum Gasteiger partial charge on any atom is -0.299 e. The van der Waals surface area contributed by atoms with E-state index in [9.17, 15) is 9.59 Å². The molecule has 6 heteroatoms. The molecule has 30 heavy (non-hydrogen) atoms. The summed E-state index contributed by atoms with van der Waals surface area (Å²) in [7, 11) is 0. The quantitative estimate of drug-likeness (QED) is 0.422. The summed E-state index contributed by atoms with van der Waals surface area (Å²) >= 11 is 3.17. The molecule has 2 aromatic heterocycles. The highest BCUT2D eigenvalue weighted by molar-refractivity contribution is 8.01. The van der Waals surface area contributed by atoms with E-state index >= 15 is 0 Å². The molecule has 1 aliphatic carbocycles. The minimum absolute atomic E-state index is 0.0918. The van der Waals surface area contributed by atoms with E-state index in [-0.39, 0.29) is 23.9 Å². The van der Waals surface area contributed by atoms with Crippen LogP contribution in [0.2, 0.25) is 0 Å². The van der Waals surface area contributed by atoms with Gasteiger partial charge in [-0.05, 0) is 43.5 Å². The van der Waals surface area contributed by atoms with Crippen LogP contribution in [-0.4, -0.2) is 21.5 Å². The summed E-state index contributed by atoms with van der Waals surface area (Å²) in [6.45, 7) is 1.99. The zero-order valence-corrected chi connectivity index (χ0v) is 18.6. The van der Waals surface area contributed by atoms with Gasteiger partial charge in [-0.25, -0.2) is 4.98 Å². The van der Waals surface area contributed by atoms with E-state index in [0.717, 1.165) is 56.5 Å². The molecule has 1 aliphatic rings. The maximum absolute atomic E-state index is 13.0. The molecule has 0 saturated heterocycles. The van der Waals surface area contributed by atoms with Crippen LogP contribution in [-0.2, 0) is 17.6 Å². The molecule has 0 spiro atoms. The fourth-order valence-electron chi connectivity index (χ4n) is 3.87. The van der Waals surface area contributed by atoms with Gasteiger partial charge in [0.15, 0.2) is 5.78 Å². The SMILES string of the molecule is Cc1ccc(CC(=O)Cc2ncc(Sc3ccncc3)s2)c(C(=O)C2CCCC2)c1. The third kappa shape index (κ3) is 5.24. The Kier molecular flexibility index (Phi) is 6.75. The van der Waals surface area contributed by atoms with Crippen molar-refractivity contribution >= 4 is 34.7 Å². The van der Waals surface area contributed by atoms with Crippen LogP contribution in [0.15, 0.2) is 58.0 Å². The second kappa shape index (κ2) is 9.67. The Morgan fingerprint density at radius 3 is 2.63 bits per heavy atom. The zero-order valence-electron chi connectivity index (χ0n) is 17.0. The van der Waals surface area contributed by atoms with Crippen molar-refractivity contribution in [2.45, 2.75) is 54.6 Å². The predicted octanol–water partition coefficient (Wildman–Crippen LogP) is 5.72. The molecule has 1 fully saturated rings. The van der Waals surface area contributed by atoms with E-state index in [4.69, 9.17) is 0 Å². The summed E-state index contributed by atoms with van der Waals surface area (Å²) in [6.07, 6.45) is 10.1. The number of ketones is 2. The lowest BCUT2D eigenvalue weighted by Crippen LogP contribution is -2.16. The molecule has 4 rings (SSSR count). The summed E-state index contributed by atoms with van der Waals surface area (Å²) in [5.74, 6) is 0.422. The number of hydrogen-bond acceptors (Lipinski definition) is 6. The van der Waals surface area contributed by atoms with E-state index in [2.05, 4.69) is 9.97 Å². The van der Waals surface area contributed by atoms with Crippen LogP contribution in [0.1, 0.15) is 52.2 Å². The van der Waals surface area contributed by atoms with Gasteiger partial charge in [0.05, 0.1) is 16.8 Å². The van der Waals surface area contributed by atoms with Crippen LogP contribution >= 0.6 is 23.1 Å². The average molecular weight is 437 g/mol. The maximum Gasteiger partial charge on any atom is 0.166 e. The number of nitrogens with zero attached hydrogens (tertiary/aromatic N) is 2. The number of thiazole rings is 1. The molecule has 0 amide bonds. The highest BCUT2D eigenvalue weighted by Crippen LogP contribution is 2.32.